The molecule has 0 aromatic heterocycles. The first kappa shape index (κ1) is 14.0. The van der Waals surface area contributed by atoms with Gasteiger partial charge in [0.05, 0.1) is 10.5 Å². The van der Waals surface area contributed by atoms with Gasteiger partial charge in [0.25, 0.3) is 0 Å². The zero-order valence-electron chi connectivity index (χ0n) is 10.6. The number of nitrogens with two attached hydrogens (primary N) is 1. The summed E-state index contributed by atoms with van der Waals surface area (Å²) in [5.41, 5.74) is 6.02. The Morgan fingerprint density at radius 2 is 1.62 bits per heavy atom. The van der Waals surface area contributed by atoms with Gasteiger partial charge in [0, 0.05) is 6.04 Å². The van der Waals surface area contributed by atoms with E-state index in [1.807, 2.05) is 20.8 Å². The normalized spacial score (nSPS) is 30.1. The van der Waals surface area contributed by atoms with Crippen molar-refractivity contribution >= 4 is 9.84 Å². The summed E-state index contributed by atoms with van der Waals surface area (Å²) in [7, 11) is -3.06. The molecule has 0 aromatic carbocycles. The van der Waals surface area contributed by atoms with E-state index in [0.717, 1.165) is 32.1 Å². The third kappa shape index (κ3) is 2.98. The van der Waals surface area contributed by atoms with Gasteiger partial charge in [-0.3, -0.25) is 0 Å². The molecule has 0 aliphatic heterocycles. The van der Waals surface area contributed by atoms with Gasteiger partial charge in [-0.1, -0.05) is 33.1 Å². The van der Waals surface area contributed by atoms with Crippen LogP contribution in [0.2, 0.25) is 0 Å². The number of hydrogen-bond donors (Lipinski definition) is 1. The van der Waals surface area contributed by atoms with Crippen molar-refractivity contribution in [2.75, 3.05) is 0 Å². The van der Waals surface area contributed by atoms with Gasteiger partial charge in [-0.25, -0.2) is 8.42 Å². The third-order valence-electron chi connectivity index (χ3n) is 3.88. The molecule has 3 atom stereocenters. The highest BCUT2D eigenvalue weighted by Crippen LogP contribution is 2.27. The van der Waals surface area contributed by atoms with E-state index < -0.39 is 9.84 Å². The molecule has 2 N–H and O–H groups in total. The summed E-state index contributed by atoms with van der Waals surface area (Å²) in [6, 6.07) is -0.159. The lowest BCUT2D eigenvalue weighted by Crippen LogP contribution is -2.44. The second-order valence-electron chi connectivity index (χ2n) is 5.38. The maximum absolute atomic E-state index is 12.4. The van der Waals surface area contributed by atoms with Crippen molar-refractivity contribution in [3.8, 4) is 0 Å². The molecule has 0 saturated heterocycles. The summed E-state index contributed by atoms with van der Waals surface area (Å²) in [5, 5.41) is -0.589. The molecule has 1 aliphatic rings. The van der Waals surface area contributed by atoms with Crippen LogP contribution in [-0.4, -0.2) is 25.0 Å². The summed E-state index contributed by atoms with van der Waals surface area (Å²) in [6.07, 6.45) is 4.80. The molecule has 1 aliphatic carbocycles. The lowest BCUT2D eigenvalue weighted by atomic mass is 10.1. The molecule has 0 heterocycles. The minimum absolute atomic E-state index is 0.159. The minimum atomic E-state index is -3.06. The molecule has 4 heteroatoms. The van der Waals surface area contributed by atoms with E-state index >= 15 is 0 Å². The molecule has 0 spiro atoms. The largest absolute Gasteiger partial charge is 0.327 e. The van der Waals surface area contributed by atoms with Crippen LogP contribution < -0.4 is 5.73 Å². The van der Waals surface area contributed by atoms with Gasteiger partial charge in [0.15, 0.2) is 9.84 Å². The fourth-order valence-corrected chi connectivity index (χ4v) is 4.79. The monoisotopic (exact) mass is 247 g/mol. The van der Waals surface area contributed by atoms with Crippen molar-refractivity contribution in [1.82, 2.24) is 0 Å². The number of hydrogen-bond acceptors (Lipinski definition) is 3. The predicted molar refractivity (Wildman–Crippen MR) is 68.1 cm³/mol. The van der Waals surface area contributed by atoms with Crippen LogP contribution in [0.25, 0.3) is 0 Å². The van der Waals surface area contributed by atoms with Gasteiger partial charge >= 0.3 is 0 Å². The Morgan fingerprint density at radius 3 is 2.19 bits per heavy atom. The quantitative estimate of drug-likeness (QED) is 0.777. The van der Waals surface area contributed by atoms with Gasteiger partial charge < -0.3 is 5.73 Å². The van der Waals surface area contributed by atoms with Crippen molar-refractivity contribution in [3.63, 3.8) is 0 Å². The van der Waals surface area contributed by atoms with Crippen LogP contribution in [-0.2, 0) is 9.84 Å². The first-order valence-electron chi connectivity index (χ1n) is 6.35. The van der Waals surface area contributed by atoms with E-state index in [2.05, 4.69) is 0 Å². The molecule has 16 heavy (non-hydrogen) atoms. The van der Waals surface area contributed by atoms with Crippen molar-refractivity contribution in [1.29, 1.82) is 0 Å². The Balaban J connectivity index is 2.88. The zero-order valence-corrected chi connectivity index (χ0v) is 11.5. The zero-order chi connectivity index (χ0) is 12.3. The third-order valence-corrected chi connectivity index (χ3v) is 6.89. The van der Waals surface area contributed by atoms with E-state index in [4.69, 9.17) is 5.73 Å². The van der Waals surface area contributed by atoms with Crippen molar-refractivity contribution in [3.05, 3.63) is 0 Å². The highest BCUT2D eigenvalue weighted by Gasteiger charge is 2.36. The van der Waals surface area contributed by atoms with Crippen LogP contribution in [0.5, 0.6) is 0 Å². The first-order valence-corrected chi connectivity index (χ1v) is 7.96. The highest BCUT2D eigenvalue weighted by atomic mass is 32.2. The lowest BCUT2D eigenvalue weighted by molar-refractivity contribution is 0.501. The Labute approximate surface area is 99.7 Å². The van der Waals surface area contributed by atoms with Gasteiger partial charge in [0.1, 0.15) is 0 Å². The van der Waals surface area contributed by atoms with E-state index in [-0.39, 0.29) is 22.5 Å². The minimum Gasteiger partial charge on any atom is -0.327 e. The smallest absolute Gasteiger partial charge is 0.157 e. The van der Waals surface area contributed by atoms with Gasteiger partial charge in [-0.2, -0.15) is 0 Å². The molecule has 0 amide bonds. The van der Waals surface area contributed by atoms with Crippen LogP contribution in [0, 0.1) is 5.92 Å². The van der Waals surface area contributed by atoms with Crippen molar-refractivity contribution < 1.29 is 8.42 Å². The lowest BCUT2D eigenvalue weighted by Gasteiger charge is -2.27. The van der Waals surface area contributed by atoms with Crippen LogP contribution in [0.4, 0.5) is 0 Å². The summed E-state index contributed by atoms with van der Waals surface area (Å²) in [5.74, 6) is 0.167. The summed E-state index contributed by atoms with van der Waals surface area (Å²) in [6.45, 7) is 5.74. The first-order chi connectivity index (χ1) is 7.37. The van der Waals surface area contributed by atoms with E-state index in [1.54, 1.807) is 0 Å². The molecule has 96 valence electrons. The van der Waals surface area contributed by atoms with Gasteiger partial charge in [0.2, 0.25) is 0 Å². The number of sulfone groups is 1. The Kier molecular flexibility index (Phi) is 4.80. The average molecular weight is 247 g/mol. The Bertz CT molecular complexity index is 311. The van der Waals surface area contributed by atoms with Gasteiger partial charge in [-0.15, -0.1) is 0 Å². The Hall–Kier alpha value is -0.0900. The fourth-order valence-electron chi connectivity index (χ4n) is 2.37. The van der Waals surface area contributed by atoms with Crippen LogP contribution in [0.1, 0.15) is 52.9 Å². The van der Waals surface area contributed by atoms with Gasteiger partial charge in [-0.05, 0) is 25.7 Å². The molecule has 0 radical (unpaired) electrons. The summed E-state index contributed by atoms with van der Waals surface area (Å²) < 4.78 is 24.8. The predicted octanol–water partition coefficient (Wildman–Crippen LogP) is 2.11. The number of rotatable bonds is 3. The molecule has 3 nitrogen and oxygen atoms in total. The molecular formula is C12H25NO2S. The highest BCUT2D eigenvalue weighted by molar-refractivity contribution is 7.92. The Morgan fingerprint density at radius 1 is 1.06 bits per heavy atom. The topological polar surface area (TPSA) is 60.2 Å². The SMILES string of the molecule is CC(C)C(C)S(=O)(=O)C1CCCCCC1N. The summed E-state index contributed by atoms with van der Waals surface area (Å²) in [4.78, 5) is 0. The standard InChI is InChI=1S/C12H25NO2S/c1-9(2)10(3)16(14,15)12-8-6-4-5-7-11(12)13/h9-12H,4-8,13H2,1-3H3. The molecule has 1 saturated carbocycles. The molecule has 1 fully saturated rings. The second-order valence-corrected chi connectivity index (χ2v) is 7.91. The fraction of sp³-hybridized carbons (Fsp3) is 1.00. The van der Waals surface area contributed by atoms with Crippen LogP contribution in [0.15, 0.2) is 0 Å². The van der Waals surface area contributed by atoms with Crippen molar-refractivity contribution in [2.24, 2.45) is 11.7 Å². The van der Waals surface area contributed by atoms with E-state index in [0.29, 0.717) is 0 Å². The summed E-state index contributed by atoms with van der Waals surface area (Å²) >= 11 is 0. The van der Waals surface area contributed by atoms with E-state index in [1.165, 1.54) is 0 Å². The van der Waals surface area contributed by atoms with Crippen LogP contribution in [0.3, 0.4) is 0 Å². The maximum Gasteiger partial charge on any atom is 0.157 e. The van der Waals surface area contributed by atoms with Crippen molar-refractivity contribution in [2.45, 2.75) is 69.4 Å². The average Bonchev–Trinajstić information content (AvgIpc) is 2.41. The molecule has 3 unspecified atom stereocenters. The molecule has 0 aromatic rings. The second kappa shape index (κ2) is 5.50. The molecular weight excluding hydrogens is 222 g/mol. The molecule has 1 rings (SSSR count). The molecule has 0 bridgehead atoms. The van der Waals surface area contributed by atoms with E-state index in [9.17, 15) is 8.42 Å². The maximum atomic E-state index is 12.4. The van der Waals surface area contributed by atoms with Crippen LogP contribution >= 0.6 is 0 Å².